The Bertz CT molecular complexity index is 436. The fraction of sp³-hybridized carbons (Fsp3) is 0.647. The highest BCUT2D eigenvalue weighted by molar-refractivity contribution is 5.94. The molecule has 1 amide bonds. The van der Waals surface area contributed by atoms with Crippen LogP contribution in [0.3, 0.4) is 0 Å². The van der Waals surface area contributed by atoms with Crippen molar-refractivity contribution in [3.63, 3.8) is 0 Å². The first-order chi connectivity index (χ1) is 10.2. The van der Waals surface area contributed by atoms with Gasteiger partial charge in [-0.3, -0.25) is 4.79 Å². The Morgan fingerprint density at radius 1 is 1.24 bits per heavy atom. The number of aromatic nitrogens is 1. The summed E-state index contributed by atoms with van der Waals surface area (Å²) in [4.78, 5) is 16.5. The minimum Gasteiger partial charge on any atom is -0.370 e. The molecule has 4 nitrogen and oxygen atoms in total. The summed E-state index contributed by atoms with van der Waals surface area (Å²) in [5.74, 6) is 1.69. The zero-order valence-electron chi connectivity index (χ0n) is 13.2. The Morgan fingerprint density at radius 3 is 2.57 bits per heavy atom. The zero-order chi connectivity index (χ0) is 15.1. The number of hydrogen-bond acceptors (Lipinski definition) is 3. The van der Waals surface area contributed by atoms with Crippen LogP contribution in [0.4, 0.5) is 5.82 Å². The first-order valence-electron chi connectivity index (χ1n) is 8.23. The molecule has 1 fully saturated rings. The van der Waals surface area contributed by atoms with Gasteiger partial charge in [0.25, 0.3) is 5.91 Å². The molecular weight excluding hydrogens is 262 g/mol. The summed E-state index contributed by atoms with van der Waals surface area (Å²) in [6.07, 6.45) is 8.66. The van der Waals surface area contributed by atoms with Gasteiger partial charge in [0.1, 0.15) is 5.82 Å². The number of carbonyl (C=O) groups is 1. The van der Waals surface area contributed by atoms with E-state index < -0.39 is 0 Å². The van der Waals surface area contributed by atoms with Crippen molar-refractivity contribution in [2.75, 3.05) is 11.9 Å². The summed E-state index contributed by atoms with van der Waals surface area (Å²) in [5, 5.41) is 6.35. The van der Waals surface area contributed by atoms with E-state index in [1.165, 1.54) is 19.3 Å². The van der Waals surface area contributed by atoms with Crippen LogP contribution in [0.15, 0.2) is 18.3 Å². The molecule has 2 rings (SSSR count). The molecule has 0 aromatic carbocycles. The van der Waals surface area contributed by atoms with Crippen LogP contribution in [0.5, 0.6) is 0 Å². The highest BCUT2D eigenvalue weighted by Gasteiger charge is 2.21. The number of nitrogens with zero attached hydrogens (tertiary/aromatic N) is 1. The highest BCUT2D eigenvalue weighted by atomic mass is 16.1. The van der Waals surface area contributed by atoms with E-state index in [1.54, 1.807) is 6.20 Å². The molecule has 1 aromatic heterocycles. The van der Waals surface area contributed by atoms with Crippen LogP contribution in [-0.2, 0) is 0 Å². The lowest BCUT2D eigenvalue weighted by atomic mass is 9.84. The van der Waals surface area contributed by atoms with E-state index in [0.29, 0.717) is 11.6 Å². The van der Waals surface area contributed by atoms with Crippen molar-refractivity contribution in [3.8, 4) is 0 Å². The third-order valence-electron chi connectivity index (χ3n) is 4.34. The molecule has 116 valence electrons. The van der Waals surface area contributed by atoms with E-state index in [0.717, 1.165) is 37.5 Å². The van der Waals surface area contributed by atoms with Crippen molar-refractivity contribution < 1.29 is 4.79 Å². The molecule has 1 heterocycles. The molecule has 1 aliphatic carbocycles. The molecule has 0 atom stereocenters. The van der Waals surface area contributed by atoms with Crippen LogP contribution in [-0.4, -0.2) is 23.5 Å². The minimum absolute atomic E-state index is 0.00416. The number of pyridine rings is 1. The Labute approximate surface area is 127 Å². The lowest BCUT2D eigenvalue weighted by Gasteiger charge is -2.28. The molecule has 1 saturated carbocycles. The number of anilines is 1. The smallest absolute Gasteiger partial charge is 0.253 e. The molecule has 0 aliphatic heterocycles. The number of carbonyl (C=O) groups excluding carboxylic acids is 1. The van der Waals surface area contributed by atoms with Crippen LogP contribution in [0.25, 0.3) is 0 Å². The Kier molecular flexibility index (Phi) is 6.03. The standard InChI is InChI=1S/C17H27N3O/c1-3-11-18-16-10-7-14(12-19-16)17(21)20-15-8-5-13(4-2)6-9-15/h7,10,12-13,15H,3-6,8-9,11H2,1-2H3,(H,18,19)(H,20,21). The van der Waals surface area contributed by atoms with Crippen molar-refractivity contribution in [3.05, 3.63) is 23.9 Å². The van der Waals surface area contributed by atoms with Crippen molar-refractivity contribution >= 4 is 11.7 Å². The lowest BCUT2D eigenvalue weighted by molar-refractivity contribution is 0.0921. The van der Waals surface area contributed by atoms with Crippen LogP contribution in [0.2, 0.25) is 0 Å². The number of amides is 1. The molecule has 1 aromatic rings. The topological polar surface area (TPSA) is 54.0 Å². The van der Waals surface area contributed by atoms with Gasteiger partial charge in [-0.1, -0.05) is 20.3 Å². The van der Waals surface area contributed by atoms with Crippen molar-refractivity contribution in [1.29, 1.82) is 0 Å². The zero-order valence-corrected chi connectivity index (χ0v) is 13.2. The second-order valence-electron chi connectivity index (χ2n) is 5.96. The van der Waals surface area contributed by atoms with Crippen molar-refractivity contribution in [2.45, 2.75) is 58.4 Å². The Morgan fingerprint density at radius 2 is 2.00 bits per heavy atom. The fourth-order valence-electron chi connectivity index (χ4n) is 2.87. The predicted octanol–water partition coefficient (Wildman–Crippen LogP) is 3.60. The molecule has 0 saturated heterocycles. The monoisotopic (exact) mass is 289 g/mol. The summed E-state index contributed by atoms with van der Waals surface area (Å²) < 4.78 is 0. The SMILES string of the molecule is CCCNc1ccc(C(=O)NC2CCC(CC)CC2)cn1. The first-order valence-corrected chi connectivity index (χ1v) is 8.23. The molecule has 0 radical (unpaired) electrons. The van der Waals surface area contributed by atoms with E-state index in [4.69, 9.17) is 0 Å². The van der Waals surface area contributed by atoms with Crippen LogP contribution in [0, 0.1) is 5.92 Å². The Hall–Kier alpha value is -1.58. The van der Waals surface area contributed by atoms with Crippen molar-refractivity contribution in [2.24, 2.45) is 5.92 Å². The average molecular weight is 289 g/mol. The predicted molar refractivity (Wildman–Crippen MR) is 86.5 cm³/mol. The van der Waals surface area contributed by atoms with Gasteiger partial charge in [0, 0.05) is 18.8 Å². The summed E-state index contributed by atoms with van der Waals surface area (Å²) in [7, 11) is 0. The minimum atomic E-state index is 0.00416. The highest BCUT2D eigenvalue weighted by Crippen LogP contribution is 2.26. The van der Waals surface area contributed by atoms with Crippen LogP contribution >= 0.6 is 0 Å². The van der Waals surface area contributed by atoms with Gasteiger partial charge in [-0.2, -0.15) is 0 Å². The third-order valence-corrected chi connectivity index (χ3v) is 4.34. The van der Waals surface area contributed by atoms with E-state index in [1.807, 2.05) is 12.1 Å². The molecule has 0 unspecified atom stereocenters. The lowest BCUT2D eigenvalue weighted by Crippen LogP contribution is -2.37. The second kappa shape index (κ2) is 8.01. The largest absolute Gasteiger partial charge is 0.370 e. The Balaban J connectivity index is 1.83. The van der Waals surface area contributed by atoms with Crippen LogP contribution < -0.4 is 10.6 Å². The van der Waals surface area contributed by atoms with E-state index in [2.05, 4.69) is 29.5 Å². The molecule has 21 heavy (non-hydrogen) atoms. The maximum absolute atomic E-state index is 12.2. The van der Waals surface area contributed by atoms with Gasteiger partial charge in [-0.15, -0.1) is 0 Å². The number of nitrogens with one attached hydrogen (secondary N) is 2. The number of rotatable bonds is 6. The molecule has 0 bridgehead atoms. The number of hydrogen-bond donors (Lipinski definition) is 2. The van der Waals surface area contributed by atoms with Gasteiger partial charge >= 0.3 is 0 Å². The normalized spacial score (nSPS) is 21.8. The van der Waals surface area contributed by atoms with E-state index >= 15 is 0 Å². The van der Waals surface area contributed by atoms with Crippen LogP contribution in [0.1, 0.15) is 62.7 Å². The fourth-order valence-corrected chi connectivity index (χ4v) is 2.87. The quantitative estimate of drug-likeness (QED) is 0.841. The molecule has 2 N–H and O–H groups in total. The van der Waals surface area contributed by atoms with Gasteiger partial charge in [0.05, 0.1) is 5.56 Å². The first kappa shape index (κ1) is 15.8. The molecule has 0 spiro atoms. The summed E-state index contributed by atoms with van der Waals surface area (Å²) in [5.41, 5.74) is 0.648. The molecular formula is C17H27N3O. The molecule has 4 heteroatoms. The summed E-state index contributed by atoms with van der Waals surface area (Å²) in [6.45, 7) is 5.27. The van der Waals surface area contributed by atoms with Gasteiger partial charge < -0.3 is 10.6 Å². The second-order valence-corrected chi connectivity index (χ2v) is 5.96. The van der Waals surface area contributed by atoms with Gasteiger partial charge in [0.2, 0.25) is 0 Å². The summed E-state index contributed by atoms with van der Waals surface area (Å²) >= 11 is 0. The maximum atomic E-state index is 12.2. The molecule has 1 aliphatic rings. The third kappa shape index (κ3) is 4.73. The van der Waals surface area contributed by atoms with Gasteiger partial charge in [0.15, 0.2) is 0 Å². The summed E-state index contributed by atoms with van der Waals surface area (Å²) in [6, 6.07) is 4.05. The van der Waals surface area contributed by atoms with Gasteiger partial charge in [-0.05, 0) is 50.2 Å². The van der Waals surface area contributed by atoms with E-state index in [9.17, 15) is 4.79 Å². The van der Waals surface area contributed by atoms with Crippen molar-refractivity contribution in [1.82, 2.24) is 10.3 Å². The van der Waals surface area contributed by atoms with E-state index in [-0.39, 0.29) is 5.91 Å². The maximum Gasteiger partial charge on any atom is 0.253 e. The average Bonchev–Trinajstić information content (AvgIpc) is 2.54. The van der Waals surface area contributed by atoms with Gasteiger partial charge in [-0.25, -0.2) is 4.98 Å².